The summed E-state index contributed by atoms with van der Waals surface area (Å²) in [5.74, 6) is -1.10. The van der Waals surface area contributed by atoms with Crippen molar-refractivity contribution < 1.29 is 29.0 Å². The van der Waals surface area contributed by atoms with Crippen LogP contribution in [0.5, 0.6) is 0 Å². The van der Waals surface area contributed by atoms with Crippen LogP contribution in [0.2, 0.25) is 0 Å². The van der Waals surface area contributed by atoms with Crippen LogP contribution in [0.3, 0.4) is 0 Å². The van der Waals surface area contributed by atoms with Crippen molar-refractivity contribution in [1.29, 1.82) is 0 Å². The molecule has 4 aromatic rings. The number of carbonyl (C=O) groups excluding carboxylic acids is 2. The predicted molar refractivity (Wildman–Crippen MR) is 182 cm³/mol. The third-order valence-corrected chi connectivity index (χ3v) is 7.94. The van der Waals surface area contributed by atoms with Gasteiger partial charge in [-0.1, -0.05) is 84.9 Å². The number of likely N-dealkylation sites (tertiary alicyclic amines) is 1. The number of nitrogens with one attached hydrogen (secondary N) is 3. The number of nitrogens with zero attached hydrogens (tertiary/aromatic N) is 2. The van der Waals surface area contributed by atoms with E-state index < -0.39 is 23.8 Å². The van der Waals surface area contributed by atoms with E-state index in [0.717, 1.165) is 16.9 Å². The number of ether oxygens (including phenoxy) is 2. The van der Waals surface area contributed by atoms with Gasteiger partial charge in [-0.25, -0.2) is 9.78 Å². The highest BCUT2D eigenvalue weighted by Gasteiger charge is 2.34. The quantitative estimate of drug-likeness (QED) is 0.131. The minimum atomic E-state index is -1.35. The lowest BCUT2D eigenvalue weighted by Gasteiger charge is -2.28. The van der Waals surface area contributed by atoms with Crippen molar-refractivity contribution in [2.45, 2.75) is 31.2 Å². The molecule has 1 unspecified atom stereocenters. The molecule has 1 saturated heterocycles. The number of benzene rings is 3. The van der Waals surface area contributed by atoms with Crippen molar-refractivity contribution in [2.75, 3.05) is 31.6 Å². The van der Waals surface area contributed by atoms with Crippen LogP contribution in [0.15, 0.2) is 122 Å². The number of carboxylic acid groups (broad SMARTS) is 1. The molecule has 48 heavy (non-hydrogen) atoms. The van der Waals surface area contributed by atoms with E-state index in [4.69, 9.17) is 9.47 Å². The highest BCUT2D eigenvalue weighted by atomic mass is 16.5. The molecule has 4 N–H and O–H groups in total. The first-order chi connectivity index (χ1) is 23.4. The van der Waals surface area contributed by atoms with Crippen LogP contribution in [0.25, 0.3) is 11.1 Å². The predicted octanol–water partition coefficient (Wildman–Crippen LogP) is 4.31. The Labute approximate surface area is 279 Å². The highest BCUT2D eigenvalue weighted by molar-refractivity contribution is 6.02. The second kappa shape index (κ2) is 16.8. The van der Waals surface area contributed by atoms with Gasteiger partial charge in [0.15, 0.2) is 5.88 Å². The summed E-state index contributed by atoms with van der Waals surface area (Å²) in [6.45, 7) is 4.92. The number of hydrogen-bond acceptors (Lipinski definition) is 8. The summed E-state index contributed by atoms with van der Waals surface area (Å²) < 4.78 is 12.0. The standard InChI is InChI=1S/C37H39N5O6/c1-26(47-24-27-12-4-2-5-13-27)42-23-30(20-29(42)21-39-34-18-10-11-19-38-34)48-25-35(43)40-22-33(37(45)46)41-36(44)32-17-9-8-16-31(32)28-14-6-3-7-15-28/h2-19,29-30,33H,1,20-25H2,(H,38,39)(H,40,43)(H,41,44)(H,45,46)/t29-,30+,33?/m0/s1. The van der Waals surface area contributed by atoms with Crippen LogP contribution in [0, 0.1) is 0 Å². The number of anilines is 1. The zero-order chi connectivity index (χ0) is 33.7. The number of carboxylic acids is 1. The van der Waals surface area contributed by atoms with Gasteiger partial charge in [-0.15, -0.1) is 0 Å². The third-order valence-electron chi connectivity index (χ3n) is 7.94. The molecular formula is C37H39N5O6. The van der Waals surface area contributed by atoms with Crippen LogP contribution in [0.4, 0.5) is 5.82 Å². The number of carbonyl (C=O) groups is 3. The molecule has 11 heteroatoms. The van der Waals surface area contributed by atoms with Crippen molar-refractivity contribution in [3.8, 4) is 11.1 Å². The molecule has 1 fully saturated rings. The van der Waals surface area contributed by atoms with Crippen LogP contribution in [0.1, 0.15) is 22.3 Å². The third kappa shape index (κ3) is 9.43. The fraction of sp³-hybridized carbons (Fsp3) is 0.243. The molecule has 0 aliphatic carbocycles. The van der Waals surface area contributed by atoms with E-state index in [9.17, 15) is 19.5 Å². The van der Waals surface area contributed by atoms with Gasteiger partial charge in [-0.3, -0.25) is 9.59 Å². The minimum absolute atomic E-state index is 0.0475. The van der Waals surface area contributed by atoms with Gasteiger partial charge in [0.2, 0.25) is 5.91 Å². The van der Waals surface area contributed by atoms with Crippen molar-refractivity contribution in [1.82, 2.24) is 20.5 Å². The molecule has 0 saturated carbocycles. The van der Waals surface area contributed by atoms with Gasteiger partial charge in [-0.05, 0) is 47.9 Å². The van der Waals surface area contributed by atoms with Gasteiger partial charge in [0.25, 0.3) is 5.91 Å². The number of pyridine rings is 1. The van der Waals surface area contributed by atoms with E-state index in [2.05, 4.69) is 27.5 Å². The number of aromatic nitrogens is 1. The Kier molecular flexibility index (Phi) is 11.8. The molecule has 0 radical (unpaired) electrons. The van der Waals surface area contributed by atoms with Gasteiger partial charge < -0.3 is 35.4 Å². The zero-order valence-electron chi connectivity index (χ0n) is 26.5. The molecule has 2 heterocycles. The van der Waals surface area contributed by atoms with Gasteiger partial charge in [0.1, 0.15) is 25.1 Å². The van der Waals surface area contributed by atoms with E-state index in [1.165, 1.54) is 0 Å². The number of aliphatic carboxylic acids is 1. The van der Waals surface area contributed by atoms with Crippen LogP contribution in [-0.4, -0.2) is 77.2 Å². The Morgan fingerprint density at radius 2 is 1.65 bits per heavy atom. The molecule has 1 aromatic heterocycles. The van der Waals surface area contributed by atoms with E-state index in [0.29, 0.717) is 43.1 Å². The largest absolute Gasteiger partial charge is 0.480 e. The topological polar surface area (TPSA) is 142 Å². The maximum atomic E-state index is 13.1. The molecule has 3 aromatic carbocycles. The van der Waals surface area contributed by atoms with Crippen LogP contribution >= 0.6 is 0 Å². The first-order valence-electron chi connectivity index (χ1n) is 15.7. The number of rotatable bonds is 16. The summed E-state index contributed by atoms with van der Waals surface area (Å²) >= 11 is 0. The molecule has 0 bridgehead atoms. The molecule has 5 rings (SSSR count). The lowest BCUT2D eigenvalue weighted by Crippen LogP contribution is -2.49. The summed E-state index contributed by atoms with van der Waals surface area (Å²) in [6, 6.07) is 30.3. The first kappa shape index (κ1) is 33.7. The number of amides is 2. The van der Waals surface area contributed by atoms with E-state index in [1.54, 1.807) is 24.4 Å². The second-order valence-corrected chi connectivity index (χ2v) is 11.3. The molecule has 3 atom stereocenters. The molecule has 248 valence electrons. The van der Waals surface area contributed by atoms with Gasteiger partial charge in [0, 0.05) is 31.4 Å². The Balaban J connectivity index is 1.14. The van der Waals surface area contributed by atoms with Gasteiger partial charge in [0.05, 0.1) is 12.1 Å². The SMILES string of the molecule is C=C(OCc1ccccc1)N1C[C@H](OCC(=O)NCC(NC(=O)c2ccccc2-c2ccccc2)C(=O)O)C[C@H]1CNc1ccccn1. The Hall–Kier alpha value is -5.68. The van der Waals surface area contributed by atoms with Crippen molar-refractivity contribution >= 4 is 23.6 Å². The van der Waals surface area contributed by atoms with Crippen molar-refractivity contribution in [3.63, 3.8) is 0 Å². The smallest absolute Gasteiger partial charge is 0.328 e. The van der Waals surface area contributed by atoms with E-state index in [1.807, 2.05) is 89.8 Å². The normalized spacial score (nSPS) is 16.0. The van der Waals surface area contributed by atoms with E-state index in [-0.39, 0.29) is 25.3 Å². The average Bonchev–Trinajstić information content (AvgIpc) is 3.54. The molecule has 1 aliphatic heterocycles. The summed E-state index contributed by atoms with van der Waals surface area (Å²) in [5.41, 5.74) is 2.84. The minimum Gasteiger partial charge on any atom is -0.480 e. The molecule has 1 aliphatic rings. The van der Waals surface area contributed by atoms with Crippen LogP contribution in [-0.2, 0) is 25.7 Å². The second-order valence-electron chi connectivity index (χ2n) is 11.3. The Morgan fingerprint density at radius 3 is 2.38 bits per heavy atom. The molecule has 0 spiro atoms. The average molecular weight is 650 g/mol. The van der Waals surface area contributed by atoms with Crippen molar-refractivity contribution in [2.24, 2.45) is 0 Å². The van der Waals surface area contributed by atoms with Crippen molar-refractivity contribution in [3.05, 3.63) is 133 Å². The lowest BCUT2D eigenvalue weighted by atomic mass is 9.99. The molecule has 11 nitrogen and oxygen atoms in total. The van der Waals surface area contributed by atoms with E-state index >= 15 is 0 Å². The Morgan fingerprint density at radius 1 is 0.938 bits per heavy atom. The lowest BCUT2D eigenvalue weighted by molar-refractivity contribution is -0.139. The van der Waals surface area contributed by atoms with Gasteiger partial charge in [-0.2, -0.15) is 0 Å². The summed E-state index contributed by atoms with van der Waals surface area (Å²) in [6.07, 6.45) is 1.99. The maximum absolute atomic E-state index is 13.1. The Bertz CT molecular complexity index is 1670. The molecule has 2 amide bonds. The zero-order valence-corrected chi connectivity index (χ0v) is 26.5. The summed E-state index contributed by atoms with van der Waals surface area (Å²) in [5, 5.41) is 18.3. The maximum Gasteiger partial charge on any atom is 0.328 e. The van der Waals surface area contributed by atoms with Crippen LogP contribution < -0.4 is 16.0 Å². The fourth-order valence-corrected chi connectivity index (χ4v) is 5.45. The first-order valence-corrected chi connectivity index (χ1v) is 15.7. The van der Waals surface area contributed by atoms with Gasteiger partial charge >= 0.3 is 5.97 Å². The monoisotopic (exact) mass is 649 g/mol. The molecular weight excluding hydrogens is 610 g/mol. The summed E-state index contributed by atoms with van der Waals surface area (Å²) in [4.78, 5) is 44.3. The summed E-state index contributed by atoms with van der Waals surface area (Å²) in [7, 11) is 0. The highest BCUT2D eigenvalue weighted by Crippen LogP contribution is 2.26. The number of hydrogen-bond donors (Lipinski definition) is 4. The fourth-order valence-electron chi connectivity index (χ4n) is 5.45.